The minimum absolute atomic E-state index is 0.0763. The van der Waals surface area contributed by atoms with Gasteiger partial charge >= 0.3 is 5.97 Å². The highest BCUT2D eigenvalue weighted by Gasteiger charge is 2.37. The molecule has 1 saturated heterocycles. The van der Waals surface area contributed by atoms with Crippen LogP contribution in [0.3, 0.4) is 0 Å². The molecule has 2 aromatic rings. The Balaban J connectivity index is 1.71. The molecule has 0 radical (unpaired) electrons. The first-order valence-electron chi connectivity index (χ1n) is 10.1. The van der Waals surface area contributed by atoms with E-state index in [4.69, 9.17) is 4.74 Å². The molecule has 1 aliphatic heterocycles. The van der Waals surface area contributed by atoms with Gasteiger partial charge in [-0.3, -0.25) is 9.52 Å². The number of alkyl halides is 2. The zero-order valence-electron chi connectivity index (χ0n) is 18.1. The summed E-state index contributed by atoms with van der Waals surface area (Å²) in [6.07, 6.45) is -3.15. The quantitative estimate of drug-likeness (QED) is 0.420. The zero-order valence-corrected chi connectivity index (χ0v) is 18.9. The lowest BCUT2D eigenvalue weighted by molar-refractivity contribution is -0.123. The molecule has 1 amide bonds. The van der Waals surface area contributed by atoms with E-state index in [9.17, 15) is 40.8 Å². The number of nitriles is 1. The standard InChI is InChI=1S/C21H18F4N4O5S/c1-2-34-21(31)14-6-12(7-26)19(27-17(14)18(24)25)29-8-13(9-29)20(30)28-35(32,33)10-11-3-4-15(22)16(23)5-11/h3-6,13,18H,2,8-10H2,1H3,(H,28,30). The summed E-state index contributed by atoms with van der Waals surface area (Å²) in [5, 5.41) is 9.39. The lowest BCUT2D eigenvalue weighted by Crippen LogP contribution is -2.55. The van der Waals surface area contributed by atoms with Crippen LogP contribution in [0.5, 0.6) is 0 Å². The summed E-state index contributed by atoms with van der Waals surface area (Å²) >= 11 is 0. The first-order chi connectivity index (χ1) is 16.5. The zero-order chi connectivity index (χ0) is 25.9. The van der Waals surface area contributed by atoms with E-state index in [-0.39, 0.29) is 36.6 Å². The number of halogens is 4. The molecule has 186 valence electrons. The van der Waals surface area contributed by atoms with Gasteiger partial charge in [-0.2, -0.15) is 5.26 Å². The number of benzene rings is 1. The Morgan fingerprint density at radius 3 is 2.51 bits per heavy atom. The summed E-state index contributed by atoms with van der Waals surface area (Å²) in [5.74, 6) is -6.21. The molecule has 1 N–H and O–H groups in total. The van der Waals surface area contributed by atoms with Crippen LogP contribution in [-0.4, -0.2) is 45.0 Å². The lowest BCUT2D eigenvalue weighted by atomic mass is 9.98. The third kappa shape index (κ3) is 5.86. The molecular formula is C21H18F4N4O5S. The fourth-order valence-corrected chi connectivity index (χ4v) is 4.48. The van der Waals surface area contributed by atoms with Crippen LogP contribution in [0.15, 0.2) is 24.3 Å². The third-order valence-corrected chi connectivity index (χ3v) is 6.23. The van der Waals surface area contributed by atoms with E-state index in [0.29, 0.717) is 6.07 Å². The molecule has 0 saturated carbocycles. The normalized spacial score (nSPS) is 13.8. The SMILES string of the molecule is CCOC(=O)c1cc(C#N)c(N2CC(C(=O)NS(=O)(=O)Cc3ccc(F)c(F)c3)C2)nc1C(F)F. The highest BCUT2D eigenvalue weighted by atomic mass is 32.2. The van der Waals surface area contributed by atoms with Crippen LogP contribution in [0.2, 0.25) is 0 Å². The average molecular weight is 514 g/mol. The average Bonchev–Trinajstić information content (AvgIpc) is 2.74. The van der Waals surface area contributed by atoms with Gasteiger partial charge in [0, 0.05) is 13.1 Å². The van der Waals surface area contributed by atoms with Gasteiger partial charge in [0.2, 0.25) is 15.9 Å². The Bertz CT molecular complexity index is 1310. The maximum atomic E-state index is 13.5. The van der Waals surface area contributed by atoms with Crippen LogP contribution >= 0.6 is 0 Å². The van der Waals surface area contributed by atoms with Crippen LogP contribution in [0.1, 0.15) is 40.5 Å². The number of amides is 1. The van der Waals surface area contributed by atoms with E-state index in [1.54, 1.807) is 6.07 Å². The van der Waals surface area contributed by atoms with Crippen LogP contribution in [0.4, 0.5) is 23.4 Å². The number of sulfonamides is 1. The van der Waals surface area contributed by atoms with E-state index in [1.807, 2.05) is 4.72 Å². The molecule has 1 aromatic heterocycles. The molecule has 14 heteroatoms. The summed E-state index contributed by atoms with van der Waals surface area (Å²) in [6.45, 7) is 1.12. The number of anilines is 1. The van der Waals surface area contributed by atoms with Gasteiger partial charge in [-0.15, -0.1) is 0 Å². The second kappa shape index (κ2) is 10.3. The summed E-state index contributed by atoms with van der Waals surface area (Å²) in [5.41, 5.74) is -1.73. The van der Waals surface area contributed by atoms with Gasteiger partial charge in [-0.25, -0.2) is 35.8 Å². The smallest absolute Gasteiger partial charge is 0.340 e. The molecular weight excluding hydrogens is 496 g/mol. The molecule has 1 aliphatic rings. The van der Waals surface area contributed by atoms with Gasteiger partial charge in [0.05, 0.1) is 29.4 Å². The van der Waals surface area contributed by atoms with Crippen molar-refractivity contribution in [2.45, 2.75) is 19.1 Å². The number of carbonyl (C=O) groups is 2. The maximum absolute atomic E-state index is 13.5. The Hall–Kier alpha value is -3.73. The molecule has 1 aromatic carbocycles. The van der Waals surface area contributed by atoms with Crippen LogP contribution in [0.25, 0.3) is 0 Å². The minimum atomic E-state index is -4.24. The van der Waals surface area contributed by atoms with Gasteiger partial charge in [0.1, 0.15) is 17.6 Å². The fraction of sp³-hybridized carbons (Fsp3) is 0.333. The van der Waals surface area contributed by atoms with E-state index < -0.39 is 62.9 Å². The van der Waals surface area contributed by atoms with Crippen molar-refractivity contribution in [1.82, 2.24) is 9.71 Å². The van der Waals surface area contributed by atoms with Crippen molar-refractivity contribution in [2.75, 3.05) is 24.6 Å². The Labute approximate surface area is 197 Å². The monoisotopic (exact) mass is 514 g/mol. The van der Waals surface area contributed by atoms with E-state index in [0.717, 1.165) is 18.2 Å². The number of ether oxygens (including phenoxy) is 1. The Morgan fingerprint density at radius 1 is 1.26 bits per heavy atom. The van der Waals surface area contributed by atoms with Crippen LogP contribution < -0.4 is 9.62 Å². The number of esters is 1. The number of pyridine rings is 1. The summed E-state index contributed by atoms with van der Waals surface area (Å²) < 4.78 is 84.3. The number of rotatable bonds is 8. The van der Waals surface area contributed by atoms with Crippen molar-refractivity contribution >= 4 is 27.7 Å². The predicted octanol–water partition coefficient (Wildman–Crippen LogP) is 2.43. The second-order valence-electron chi connectivity index (χ2n) is 7.50. The van der Waals surface area contributed by atoms with Crippen molar-refractivity contribution in [3.63, 3.8) is 0 Å². The topological polar surface area (TPSA) is 129 Å². The van der Waals surface area contributed by atoms with Crippen molar-refractivity contribution < 1.29 is 40.3 Å². The fourth-order valence-electron chi connectivity index (χ4n) is 3.32. The number of carbonyl (C=O) groups excluding carboxylic acids is 2. The van der Waals surface area contributed by atoms with E-state index in [2.05, 4.69) is 4.98 Å². The largest absolute Gasteiger partial charge is 0.462 e. The van der Waals surface area contributed by atoms with Crippen LogP contribution in [0, 0.1) is 28.9 Å². The molecule has 1 fully saturated rings. The first kappa shape index (κ1) is 25.9. The number of aromatic nitrogens is 1. The highest BCUT2D eigenvalue weighted by Crippen LogP contribution is 2.31. The van der Waals surface area contributed by atoms with E-state index >= 15 is 0 Å². The first-order valence-corrected chi connectivity index (χ1v) is 11.7. The van der Waals surface area contributed by atoms with Crippen LogP contribution in [-0.2, 0) is 25.3 Å². The molecule has 2 heterocycles. The molecule has 0 spiro atoms. The Kier molecular flexibility index (Phi) is 7.59. The van der Waals surface area contributed by atoms with Crippen molar-refractivity contribution in [3.05, 3.63) is 58.3 Å². The minimum Gasteiger partial charge on any atom is -0.462 e. The van der Waals surface area contributed by atoms with Gasteiger partial charge in [0.15, 0.2) is 11.6 Å². The van der Waals surface area contributed by atoms with E-state index in [1.165, 1.54) is 11.8 Å². The molecule has 0 bridgehead atoms. The van der Waals surface area contributed by atoms with Gasteiger partial charge < -0.3 is 9.64 Å². The van der Waals surface area contributed by atoms with Crippen molar-refractivity contribution in [3.8, 4) is 6.07 Å². The number of nitrogens with one attached hydrogen (secondary N) is 1. The molecule has 0 atom stereocenters. The lowest BCUT2D eigenvalue weighted by Gasteiger charge is -2.39. The van der Waals surface area contributed by atoms with Gasteiger partial charge in [-0.1, -0.05) is 6.07 Å². The van der Waals surface area contributed by atoms with Crippen molar-refractivity contribution in [1.29, 1.82) is 5.26 Å². The number of nitrogens with zero attached hydrogens (tertiary/aromatic N) is 3. The molecule has 0 aliphatic carbocycles. The predicted molar refractivity (Wildman–Crippen MR) is 113 cm³/mol. The number of hydrogen-bond acceptors (Lipinski definition) is 8. The molecule has 3 rings (SSSR count). The summed E-state index contributed by atoms with van der Waals surface area (Å²) in [4.78, 5) is 29.4. The van der Waals surface area contributed by atoms with Crippen molar-refractivity contribution in [2.24, 2.45) is 5.92 Å². The van der Waals surface area contributed by atoms with Gasteiger partial charge in [0.25, 0.3) is 6.43 Å². The summed E-state index contributed by atoms with van der Waals surface area (Å²) in [6, 6.07) is 5.20. The highest BCUT2D eigenvalue weighted by molar-refractivity contribution is 7.89. The number of hydrogen-bond donors (Lipinski definition) is 1. The summed E-state index contributed by atoms with van der Waals surface area (Å²) in [7, 11) is -4.24. The molecule has 9 nitrogen and oxygen atoms in total. The van der Waals surface area contributed by atoms with Gasteiger partial charge in [-0.05, 0) is 30.7 Å². The third-order valence-electron chi connectivity index (χ3n) is 5.00. The molecule has 35 heavy (non-hydrogen) atoms. The maximum Gasteiger partial charge on any atom is 0.340 e. The Morgan fingerprint density at radius 2 is 1.94 bits per heavy atom. The second-order valence-corrected chi connectivity index (χ2v) is 9.22. The molecule has 0 unspecified atom stereocenters.